The zero-order valence-electron chi connectivity index (χ0n) is 8.01. The molecular formula is C9H20N2. The van der Waals surface area contributed by atoms with Crippen LogP contribution in [0.2, 0.25) is 0 Å². The molecule has 0 saturated carbocycles. The summed E-state index contributed by atoms with van der Waals surface area (Å²) in [5.74, 6) is 0. The Morgan fingerprint density at radius 3 is 2.45 bits per heavy atom. The molecule has 0 aliphatic rings. The highest BCUT2D eigenvalue weighted by molar-refractivity contribution is 5.53. The number of hydrogen-bond acceptors (Lipinski definition) is 1. The summed E-state index contributed by atoms with van der Waals surface area (Å²) in [6.45, 7) is 3.21. The van der Waals surface area contributed by atoms with Crippen molar-refractivity contribution < 1.29 is 0 Å². The SMILES string of the molecule is CCCCCCN=CN(C)C. The van der Waals surface area contributed by atoms with Gasteiger partial charge >= 0.3 is 0 Å². The van der Waals surface area contributed by atoms with Crippen molar-refractivity contribution in [1.29, 1.82) is 0 Å². The van der Waals surface area contributed by atoms with E-state index in [4.69, 9.17) is 0 Å². The Labute approximate surface area is 70.3 Å². The van der Waals surface area contributed by atoms with Gasteiger partial charge in [0.2, 0.25) is 0 Å². The third-order valence-corrected chi connectivity index (χ3v) is 1.45. The second kappa shape index (κ2) is 7.58. The van der Waals surface area contributed by atoms with Crippen LogP contribution in [0.1, 0.15) is 32.6 Å². The summed E-state index contributed by atoms with van der Waals surface area (Å²) in [5, 5.41) is 0. The Hall–Kier alpha value is -0.530. The van der Waals surface area contributed by atoms with Crippen LogP contribution < -0.4 is 0 Å². The first-order chi connectivity index (χ1) is 5.27. The second-order valence-electron chi connectivity index (χ2n) is 3.05. The molecule has 0 radical (unpaired) electrons. The van der Waals surface area contributed by atoms with E-state index in [0.717, 1.165) is 6.54 Å². The normalized spacial score (nSPS) is 10.8. The third kappa shape index (κ3) is 9.47. The fourth-order valence-electron chi connectivity index (χ4n) is 0.851. The van der Waals surface area contributed by atoms with Crippen LogP contribution in [0.3, 0.4) is 0 Å². The quantitative estimate of drug-likeness (QED) is 0.327. The maximum absolute atomic E-state index is 4.24. The highest BCUT2D eigenvalue weighted by Crippen LogP contribution is 1.97. The van der Waals surface area contributed by atoms with Gasteiger partial charge in [0.1, 0.15) is 0 Å². The molecule has 0 amide bonds. The molecule has 0 aliphatic heterocycles. The third-order valence-electron chi connectivity index (χ3n) is 1.45. The smallest absolute Gasteiger partial charge is 0.0844 e. The largest absolute Gasteiger partial charge is 0.369 e. The van der Waals surface area contributed by atoms with Crippen LogP contribution in [0.5, 0.6) is 0 Å². The highest BCUT2D eigenvalue weighted by Gasteiger charge is 1.84. The van der Waals surface area contributed by atoms with Crippen molar-refractivity contribution in [1.82, 2.24) is 4.90 Å². The van der Waals surface area contributed by atoms with Gasteiger partial charge in [-0.05, 0) is 6.42 Å². The molecular weight excluding hydrogens is 136 g/mol. The van der Waals surface area contributed by atoms with Crippen LogP contribution in [-0.2, 0) is 0 Å². The average molecular weight is 156 g/mol. The summed E-state index contributed by atoms with van der Waals surface area (Å²) in [6.07, 6.45) is 7.08. The number of nitrogens with zero attached hydrogens (tertiary/aromatic N) is 2. The van der Waals surface area contributed by atoms with E-state index in [1.165, 1.54) is 25.7 Å². The Bertz CT molecular complexity index is 97.7. The number of aliphatic imine (C=N–C) groups is 1. The first-order valence-electron chi connectivity index (χ1n) is 4.43. The van der Waals surface area contributed by atoms with E-state index in [2.05, 4.69) is 11.9 Å². The molecule has 0 N–H and O–H groups in total. The van der Waals surface area contributed by atoms with E-state index in [1.807, 2.05) is 25.3 Å². The molecule has 0 aliphatic carbocycles. The lowest BCUT2D eigenvalue weighted by atomic mass is 10.2. The van der Waals surface area contributed by atoms with Crippen LogP contribution in [-0.4, -0.2) is 31.9 Å². The molecule has 0 aromatic rings. The predicted molar refractivity (Wildman–Crippen MR) is 51.2 cm³/mol. The van der Waals surface area contributed by atoms with Crippen LogP contribution in [0, 0.1) is 0 Å². The molecule has 0 rings (SSSR count). The molecule has 0 saturated heterocycles. The summed E-state index contributed by atoms with van der Waals surface area (Å²) in [6, 6.07) is 0. The number of hydrogen-bond donors (Lipinski definition) is 0. The van der Waals surface area contributed by atoms with Crippen molar-refractivity contribution in [2.24, 2.45) is 4.99 Å². The van der Waals surface area contributed by atoms with Crippen LogP contribution in [0.4, 0.5) is 0 Å². The highest BCUT2D eigenvalue weighted by atomic mass is 15.1. The molecule has 0 aromatic heterocycles. The topological polar surface area (TPSA) is 15.6 Å². The summed E-state index contributed by atoms with van der Waals surface area (Å²) >= 11 is 0. The van der Waals surface area contributed by atoms with E-state index in [9.17, 15) is 0 Å². The van der Waals surface area contributed by atoms with Crippen molar-refractivity contribution in [2.75, 3.05) is 20.6 Å². The maximum atomic E-state index is 4.24. The van der Waals surface area contributed by atoms with Gasteiger partial charge in [0, 0.05) is 20.6 Å². The van der Waals surface area contributed by atoms with Crippen molar-refractivity contribution in [3.8, 4) is 0 Å². The summed E-state index contributed by atoms with van der Waals surface area (Å²) in [7, 11) is 3.99. The van der Waals surface area contributed by atoms with E-state index >= 15 is 0 Å². The van der Waals surface area contributed by atoms with Gasteiger partial charge in [0.05, 0.1) is 6.34 Å². The monoisotopic (exact) mass is 156 g/mol. The molecule has 0 heterocycles. The summed E-state index contributed by atoms with van der Waals surface area (Å²) < 4.78 is 0. The van der Waals surface area contributed by atoms with E-state index in [0.29, 0.717) is 0 Å². The minimum atomic E-state index is 0.984. The van der Waals surface area contributed by atoms with Crippen LogP contribution in [0.25, 0.3) is 0 Å². The van der Waals surface area contributed by atoms with Gasteiger partial charge in [-0.2, -0.15) is 0 Å². The van der Waals surface area contributed by atoms with Gasteiger partial charge in [-0.3, -0.25) is 4.99 Å². The lowest BCUT2D eigenvalue weighted by molar-refractivity contribution is 0.630. The fourth-order valence-corrected chi connectivity index (χ4v) is 0.851. The Kier molecular flexibility index (Phi) is 7.21. The van der Waals surface area contributed by atoms with Crippen molar-refractivity contribution in [2.45, 2.75) is 32.6 Å². The van der Waals surface area contributed by atoms with E-state index in [1.54, 1.807) is 0 Å². The van der Waals surface area contributed by atoms with Gasteiger partial charge in [0.25, 0.3) is 0 Å². The van der Waals surface area contributed by atoms with Gasteiger partial charge in [0.15, 0.2) is 0 Å². The van der Waals surface area contributed by atoms with Gasteiger partial charge in [-0.25, -0.2) is 0 Å². The Morgan fingerprint density at radius 2 is 1.91 bits per heavy atom. The molecule has 0 atom stereocenters. The van der Waals surface area contributed by atoms with Gasteiger partial charge < -0.3 is 4.90 Å². The second-order valence-corrected chi connectivity index (χ2v) is 3.05. The van der Waals surface area contributed by atoms with Gasteiger partial charge in [-0.15, -0.1) is 0 Å². The molecule has 0 bridgehead atoms. The number of unbranched alkanes of at least 4 members (excludes halogenated alkanes) is 3. The minimum absolute atomic E-state index is 0.984. The molecule has 0 spiro atoms. The van der Waals surface area contributed by atoms with Crippen molar-refractivity contribution in [3.63, 3.8) is 0 Å². The van der Waals surface area contributed by atoms with E-state index < -0.39 is 0 Å². The molecule has 2 heteroatoms. The molecule has 2 nitrogen and oxygen atoms in total. The molecule has 66 valence electrons. The fraction of sp³-hybridized carbons (Fsp3) is 0.889. The zero-order chi connectivity index (χ0) is 8.53. The Balaban J connectivity index is 3.01. The van der Waals surface area contributed by atoms with E-state index in [-0.39, 0.29) is 0 Å². The molecule has 0 fully saturated rings. The average Bonchev–Trinajstić information content (AvgIpc) is 1.96. The molecule has 0 unspecified atom stereocenters. The van der Waals surface area contributed by atoms with Gasteiger partial charge in [-0.1, -0.05) is 26.2 Å². The minimum Gasteiger partial charge on any atom is -0.369 e. The summed E-state index contributed by atoms with van der Waals surface area (Å²) in [4.78, 5) is 6.22. The lowest BCUT2D eigenvalue weighted by Gasteiger charge is -2.01. The van der Waals surface area contributed by atoms with Crippen LogP contribution >= 0.6 is 0 Å². The predicted octanol–water partition coefficient (Wildman–Crippen LogP) is 2.16. The molecule has 0 aromatic carbocycles. The standard InChI is InChI=1S/C9H20N2/c1-4-5-6-7-8-10-9-11(2)3/h9H,4-8H2,1-3H3. The maximum Gasteiger partial charge on any atom is 0.0844 e. The first-order valence-corrected chi connectivity index (χ1v) is 4.43. The lowest BCUT2D eigenvalue weighted by Crippen LogP contribution is -2.07. The van der Waals surface area contributed by atoms with Crippen molar-refractivity contribution >= 4 is 6.34 Å². The molecule has 11 heavy (non-hydrogen) atoms. The summed E-state index contributed by atoms with van der Waals surface area (Å²) in [5.41, 5.74) is 0. The first kappa shape index (κ1) is 10.5. The zero-order valence-corrected chi connectivity index (χ0v) is 8.01. The van der Waals surface area contributed by atoms with Crippen LogP contribution in [0.15, 0.2) is 4.99 Å². The number of rotatable bonds is 6. The Morgan fingerprint density at radius 1 is 1.18 bits per heavy atom. The van der Waals surface area contributed by atoms with Crippen molar-refractivity contribution in [3.05, 3.63) is 0 Å².